The molecule has 0 amide bonds. The predicted octanol–water partition coefficient (Wildman–Crippen LogP) is 2.78. The van der Waals surface area contributed by atoms with Crippen molar-refractivity contribution in [3.8, 4) is 0 Å². The van der Waals surface area contributed by atoms with Crippen molar-refractivity contribution in [1.82, 2.24) is 9.97 Å². The van der Waals surface area contributed by atoms with E-state index in [-0.39, 0.29) is 0 Å². The molecule has 0 aromatic carbocycles. The second-order valence-electron chi connectivity index (χ2n) is 4.09. The van der Waals surface area contributed by atoms with Crippen LogP contribution < -0.4 is 4.90 Å². The molecule has 0 aliphatic heterocycles. The molecule has 0 atom stereocenters. The van der Waals surface area contributed by atoms with Gasteiger partial charge in [0.2, 0.25) is 0 Å². The number of aromatic nitrogens is 2. The number of rotatable bonds is 4. The molecule has 4 heteroatoms. The van der Waals surface area contributed by atoms with Crippen LogP contribution >= 0.6 is 11.6 Å². The molecule has 1 aromatic rings. The van der Waals surface area contributed by atoms with Gasteiger partial charge in [0.05, 0.1) is 0 Å². The van der Waals surface area contributed by atoms with Gasteiger partial charge < -0.3 is 4.90 Å². The zero-order valence-corrected chi connectivity index (χ0v) is 10.5. The minimum atomic E-state index is 0.568. The third-order valence-corrected chi connectivity index (χ3v) is 2.55. The Morgan fingerprint density at radius 3 is 2.60 bits per heavy atom. The first-order valence-corrected chi connectivity index (χ1v) is 5.64. The maximum atomic E-state index is 6.03. The summed E-state index contributed by atoms with van der Waals surface area (Å²) in [5.74, 6) is 1.56. The monoisotopic (exact) mass is 227 g/mol. The van der Waals surface area contributed by atoms with Gasteiger partial charge in [-0.1, -0.05) is 32.4 Å². The molecule has 0 N–H and O–H groups in total. The van der Waals surface area contributed by atoms with E-state index in [0.717, 1.165) is 24.3 Å². The van der Waals surface area contributed by atoms with E-state index < -0.39 is 0 Å². The maximum absolute atomic E-state index is 6.03. The third-order valence-electron chi connectivity index (χ3n) is 2.22. The molecule has 1 aromatic heterocycles. The van der Waals surface area contributed by atoms with Gasteiger partial charge in [-0.25, -0.2) is 9.97 Å². The van der Waals surface area contributed by atoms with Crippen LogP contribution in [0, 0.1) is 5.92 Å². The average molecular weight is 228 g/mol. The van der Waals surface area contributed by atoms with Crippen LogP contribution in [0.25, 0.3) is 0 Å². The summed E-state index contributed by atoms with van der Waals surface area (Å²) >= 11 is 6.03. The van der Waals surface area contributed by atoms with E-state index in [1.165, 1.54) is 6.33 Å². The highest BCUT2D eigenvalue weighted by Gasteiger charge is 2.12. The molecular formula is C11H18ClN3. The molecule has 0 bridgehead atoms. The Hall–Kier alpha value is -0.830. The van der Waals surface area contributed by atoms with Gasteiger partial charge in [0, 0.05) is 19.2 Å². The number of anilines is 1. The molecule has 1 heterocycles. The molecule has 0 fully saturated rings. The van der Waals surface area contributed by atoms with Crippen molar-refractivity contribution in [3.05, 3.63) is 17.0 Å². The summed E-state index contributed by atoms with van der Waals surface area (Å²) in [4.78, 5) is 10.4. The number of halogens is 1. The average Bonchev–Trinajstić information content (AvgIpc) is 2.16. The largest absolute Gasteiger partial charge is 0.359 e. The number of hydrogen-bond donors (Lipinski definition) is 0. The van der Waals surface area contributed by atoms with Gasteiger partial charge in [-0.15, -0.1) is 0 Å². The molecular weight excluding hydrogens is 210 g/mol. The molecule has 0 unspecified atom stereocenters. The van der Waals surface area contributed by atoms with Crippen molar-refractivity contribution in [2.24, 2.45) is 5.92 Å². The van der Waals surface area contributed by atoms with Crippen LogP contribution in [0.1, 0.15) is 26.3 Å². The summed E-state index contributed by atoms with van der Waals surface area (Å²) < 4.78 is 0. The lowest BCUT2D eigenvalue weighted by Gasteiger charge is -2.22. The van der Waals surface area contributed by atoms with Crippen LogP contribution in [0.5, 0.6) is 0 Å². The zero-order valence-electron chi connectivity index (χ0n) is 9.79. The van der Waals surface area contributed by atoms with Gasteiger partial charge in [-0.05, 0) is 12.3 Å². The fraction of sp³-hybridized carbons (Fsp3) is 0.636. The summed E-state index contributed by atoms with van der Waals surface area (Å²) in [6.07, 6.45) is 2.38. The highest BCUT2D eigenvalue weighted by molar-refractivity contribution is 6.30. The molecule has 3 nitrogen and oxygen atoms in total. The van der Waals surface area contributed by atoms with E-state index in [0.29, 0.717) is 11.1 Å². The molecule has 84 valence electrons. The Morgan fingerprint density at radius 1 is 1.40 bits per heavy atom. The van der Waals surface area contributed by atoms with Crippen molar-refractivity contribution < 1.29 is 0 Å². The molecule has 0 aliphatic rings. The van der Waals surface area contributed by atoms with Crippen LogP contribution in [-0.2, 0) is 6.42 Å². The Bertz CT molecular complexity index is 326. The van der Waals surface area contributed by atoms with Gasteiger partial charge in [0.25, 0.3) is 0 Å². The molecule has 0 radical (unpaired) electrons. The Labute approximate surface area is 96.5 Å². The second-order valence-corrected chi connectivity index (χ2v) is 4.45. The smallest absolute Gasteiger partial charge is 0.137 e. The second kappa shape index (κ2) is 5.31. The Kier molecular flexibility index (Phi) is 4.33. The van der Waals surface area contributed by atoms with Crippen molar-refractivity contribution in [1.29, 1.82) is 0 Å². The molecule has 0 saturated heterocycles. The fourth-order valence-electron chi connectivity index (χ4n) is 1.65. The molecule has 0 saturated carbocycles. The van der Waals surface area contributed by atoms with Crippen LogP contribution in [-0.4, -0.2) is 23.6 Å². The molecule has 0 spiro atoms. The lowest BCUT2D eigenvalue weighted by atomic mass is 10.2. The maximum Gasteiger partial charge on any atom is 0.137 e. The van der Waals surface area contributed by atoms with Crippen LogP contribution in [0.3, 0.4) is 0 Å². The predicted molar refractivity (Wildman–Crippen MR) is 64.5 cm³/mol. The quantitative estimate of drug-likeness (QED) is 0.741. The molecule has 15 heavy (non-hydrogen) atoms. The van der Waals surface area contributed by atoms with Crippen LogP contribution in [0.2, 0.25) is 5.15 Å². The summed E-state index contributed by atoms with van der Waals surface area (Å²) in [5, 5.41) is 0.568. The highest BCUT2D eigenvalue weighted by Crippen LogP contribution is 2.23. The Morgan fingerprint density at radius 2 is 2.07 bits per heavy atom. The van der Waals surface area contributed by atoms with Crippen LogP contribution in [0.15, 0.2) is 6.33 Å². The first-order valence-electron chi connectivity index (χ1n) is 5.26. The summed E-state index contributed by atoms with van der Waals surface area (Å²) in [6, 6.07) is 0. The van der Waals surface area contributed by atoms with Crippen molar-refractivity contribution >= 4 is 17.4 Å². The van der Waals surface area contributed by atoms with Crippen molar-refractivity contribution in [2.45, 2.75) is 27.2 Å². The van der Waals surface area contributed by atoms with Gasteiger partial charge >= 0.3 is 0 Å². The van der Waals surface area contributed by atoms with E-state index in [4.69, 9.17) is 11.6 Å². The third kappa shape index (κ3) is 3.06. The lowest BCUT2D eigenvalue weighted by molar-refractivity contribution is 0.632. The van der Waals surface area contributed by atoms with E-state index in [1.807, 2.05) is 7.05 Å². The van der Waals surface area contributed by atoms with Gasteiger partial charge in [0.1, 0.15) is 17.3 Å². The minimum Gasteiger partial charge on any atom is -0.359 e. The van der Waals surface area contributed by atoms with E-state index >= 15 is 0 Å². The van der Waals surface area contributed by atoms with Crippen molar-refractivity contribution in [3.63, 3.8) is 0 Å². The first kappa shape index (κ1) is 12.2. The number of nitrogens with zero attached hydrogens (tertiary/aromatic N) is 3. The lowest BCUT2D eigenvalue weighted by Crippen LogP contribution is -2.24. The molecule has 0 aliphatic carbocycles. The highest BCUT2D eigenvalue weighted by atomic mass is 35.5. The zero-order chi connectivity index (χ0) is 11.4. The van der Waals surface area contributed by atoms with E-state index in [2.05, 4.69) is 35.6 Å². The van der Waals surface area contributed by atoms with Gasteiger partial charge in [-0.3, -0.25) is 0 Å². The first-order chi connectivity index (χ1) is 7.06. The van der Waals surface area contributed by atoms with Gasteiger partial charge in [-0.2, -0.15) is 0 Å². The normalized spacial score (nSPS) is 10.8. The Balaban J connectivity index is 2.97. The van der Waals surface area contributed by atoms with E-state index in [9.17, 15) is 0 Å². The van der Waals surface area contributed by atoms with Gasteiger partial charge in [0.15, 0.2) is 0 Å². The topological polar surface area (TPSA) is 29.0 Å². The SMILES string of the molecule is CCc1c(Cl)ncnc1N(C)CC(C)C. The van der Waals surface area contributed by atoms with Crippen molar-refractivity contribution in [2.75, 3.05) is 18.5 Å². The van der Waals surface area contributed by atoms with Crippen LogP contribution in [0.4, 0.5) is 5.82 Å². The fourth-order valence-corrected chi connectivity index (χ4v) is 1.91. The summed E-state index contributed by atoms with van der Waals surface area (Å²) in [6.45, 7) is 7.41. The summed E-state index contributed by atoms with van der Waals surface area (Å²) in [5.41, 5.74) is 1.03. The number of hydrogen-bond acceptors (Lipinski definition) is 3. The standard InChI is InChI=1S/C11H18ClN3/c1-5-9-10(12)13-7-14-11(9)15(4)6-8(2)3/h7-8H,5-6H2,1-4H3. The van der Waals surface area contributed by atoms with E-state index in [1.54, 1.807) is 0 Å². The molecule has 1 rings (SSSR count). The summed E-state index contributed by atoms with van der Waals surface area (Å²) in [7, 11) is 2.04. The minimum absolute atomic E-state index is 0.568.